The molecular formula is C45H74O17. The molecule has 62 heavy (non-hydrogen) atoms. The van der Waals surface area contributed by atoms with E-state index in [1.54, 1.807) is 0 Å². The van der Waals surface area contributed by atoms with E-state index in [2.05, 4.69) is 27.7 Å². The first kappa shape index (κ1) is 46.4. The lowest BCUT2D eigenvalue weighted by molar-refractivity contribution is -0.388. The van der Waals surface area contributed by atoms with Crippen molar-refractivity contribution in [2.75, 3.05) is 19.8 Å². The van der Waals surface area contributed by atoms with Gasteiger partial charge in [-0.15, -0.1) is 0 Å². The van der Waals surface area contributed by atoms with E-state index in [1.165, 1.54) is 26.2 Å². The molecule has 5 saturated heterocycles. The molecule has 0 aromatic rings. The number of aliphatic hydroxyl groups excluding tert-OH is 9. The summed E-state index contributed by atoms with van der Waals surface area (Å²) in [5.41, 5.74) is 0.394. The molecule has 0 unspecified atom stereocenters. The molecule has 1 spiro atoms. The van der Waals surface area contributed by atoms with Crippen molar-refractivity contribution < 1.29 is 83.9 Å². The van der Waals surface area contributed by atoms with Crippen molar-refractivity contribution in [2.45, 2.75) is 209 Å². The number of hydrogen-bond donors (Lipinski definition) is 9. The third-order valence-electron chi connectivity index (χ3n) is 18.2. The highest BCUT2D eigenvalue weighted by Crippen LogP contribution is 2.71. The molecule has 17 nitrogen and oxygen atoms in total. The molecule has 4 aliphatic carbocycles. The molecule has 9 aliphatic rings. The van der Waals surface area contributed by atoms with Crippen molar-refractivity contribution in [3.8, 4) is 0 Å². The molecule has 0 amide bonds. The van der Waals surface area contributed by atoms with Crippen molar-refractivity contribution >= 4 is 0 Å². The average molecular weight is 887 g/mol. The van der Waals surface area contributed by atoms with Gasteiger partial charge in [0.05, 0.1) is 38.1 Å². The predicted octanol–water partition coefficient (Wildman–Crippen LogP) is 0.294. The largest absolute Gasteiger partial charge is 0.394 e. The summed E-state index contributed by atoms with van der Waals surface area (Å²) in [6, 6.07) is 0. The number of rotatable bonds is 8. The van der Waals surface area contributed by atoms with Crippen LogP contribution in [0.3, 0.4) is 0 Å². The SMILES string of the molecule is C[C@@H]1CC[C@@]2(OC1)O[C@@H]1C[C@H]3[C@@H]4CC[C@H]5C[C@H](O[C@H]6O[C@@H](CO)[C@H](O[C@H]7O[C@@H](C)[C@H](O)[C@@H](O)[C@@H]7O[C@H]7O[C@@H](CO)[C@H](O)[C@@H](O)[C@@H]7O)[C@@H](O)[C@@H]6O)CC[C@@]5(C)[C@H]4CC[C@@]3(C)[C@@H]1[C@H]2C. The van der Waals surface area contributed by atoms with Crippen LogP contribution in [0.2, 0.25) is 0 Å². The maximum atomic E-state index is 11.5. The molecule has 0 radical (unpaired) electrons. The van der Waals surface area contributed by atoms with Crippen LogP contribution in [0.4, 0.5) is 0 Å². The third kappa shape index (κ3) is 7.56. The summed E-state index contributed by atoms with van der Waals surface area (Å²) in [5, 5.41) is 96.0. The molecule has 17 heteroatoms. The number of aliphatic hydroxyl groups is 9. The van der Waals surface area contributed by atoms with E-state index >= 15 is 0 Å². The Kier molecular flexibility index (Phi) is 13.1. The van der Waals surface area contributed by atoms with Crippen molar-refractivity contribution in [3.05, 3.63) is 0 Å². The summed E-state index contributed by atoms with van der Waals surface area (Å²) in [4.78, 5) is 0. The Balaban J connectivity index is 0.828. The van der Waals surface area contributed by atoms with Gasteiger partial charge in [-0.1, -0.05) is 27.7 Å². The average Bonchev–Trinajstić information content (AvgIpc) is 3.70. The summed E-state index contributed by atoms with van der Waals surface area (Å²) in [7, 11) is 0. The second-order valence-electron chi connectivity index (χ2n) is 21.5. The number of ether oxygens (including phenoxy) is 8. The predicted molar refractivity (Wildman–Crippen MR) is 214 cm³/mol. The van der Waals surface area contributed by atoms with Gasteiger partial charge in [0.15, 0.2) is 24.7 Å². The molecule has 0 aromatic heterocycles. The molecule has 9 rings (SSSR count). The minimum atomic E-state index is -1.84. The van der Waals surface area contributed by atoms with Gasteiger partial charge in [-0.3, -0.25) is 0 Å². The van der Waals surface area contributed by atoms with Gasteiger partial charge in [0.2, 0.25) is 0 Å². The highest BCUT2D eigenvalue weighted by atomic mass is 16.8. The van der Waals surface area contributed by atoms with Gasteiger partial charge in [-0.2, -0.15) is 0 Å². The molecule has 0 aromatic carbocycles. The first-order chi connectivity index (χ1) is 29.4. The standard InChI is InChI=1S/C45H74O17/c1-19-8-13-45(55-18-19)20(2)30-27(62-45)15-26-24-7-6-22-14-23(9-11-43(22,4)25(24)10-12-44(26,30)5)57-40-37(54)35(52)38(29(17-47)59-40)60-42-39(34(51)31(48)21(3)56-42)61-41-36(53)33(50)32(49)28(16-46)58-41/h19-42,46-54H,6-18H2,1-5H3/t19-,20-,21+,22+,23-,24-,25+,26+,27-,28+,29+,30-,31+,32+,33-,34-,35+,36+,37+,38+,39+,40+,41-,42-,43-,44-,45-/m1/s1. The van der Waals surface area contributed by atoms with Crippen molar-refractivity contribution in [1.82, 2.24) is 0 Å². The van der Waals surface area contributed by atoms with Gasteiger partial charge in [0.25, 0.3) is 0 Å². The van der Waals surface area contributed by atoms with Crippen LogP contribution in [0.1, 0.15) is 98.8 Å². The summed E-state index contributed by atoms with van der Waals surface area (Å²) in [6.45, 7) is 10.6. The van der Waals surface area contributed by atoms with E-state index in [1.807, 2.05) is 0 Å². The van der Waals surface area contributed by atoms with Crippen LogP contribution in [-0.4, -0.2) is 176 Å². The van der Waals surface area contributed by atoms with Gasteiger partial charge in [0, 0.05) is 12.3 Å². The van der Waals surface area contributed by atoms with Crippen LogP contribution in [0, 0.1) is 52.3 Å². The quantitative estimate of drug-likeness (QED) is 0.149. The van der Waals surface area contributed by atoms with E-state index in [4.69, 9.17) is 37.9 Å². The van der Waals surface area contributed by atoms with Gasteiger partial charge >= 0.3 is 0 Å². The van der Waals surface area contributed by atoms with Gasteiger partial charge < -0.3 is 83.9 Å². The Morgan fingerprint density at radius 3 is 1.95 bits per heavy atom. The van der Waals surface area contributed by atoms with E-state index in [0.29, 0.717) is 41.4 Å². The zero-order valence-corrected chi connectivity index (χ0v) is 36.8. The topological polar surface area (TPSA) is 256 Å². The Morgan fingerprint density at radius 1 is 0.581 bits per heavy atom. The lowest BCUT2D eigenvalue weighted by atomic mass is 9.44. The van der Waals surface area contributed by atoms with Crippen LogP contribution in [0.15, 0.2) is 0 Å². The number of fused-ring (bicyclic) bond motifs is 7. The van der Waals surface area contributed by atoms with Gasteiger partial charge in [0.1, 0.15) is 67.1 Å². The molecule has 5 aliphatic heterocycles. The van der Waals surface area contributed by atoms with E-state index < -0.39 is 111 Å². The molecule has 27 atom stereocenters. The molecule has 4 saturated carbocycles. The highest BCUT2D eigenvalue weighted by molar-refractivity contribution is 5.15. The van der Waals surface area contributed by atoms with E-state index in [0.717, 1.165) is 51.6 Å². The first-order valence-electron chi connectivity index (χ1n) is 23.7. The van der Waals surface area contributed by atoms with Crippen LogP contribution < -0.4 is 0 Å². The molecular weight excluding hydrogens is 812 g/mol. The lowest BCUT2D eigenvalue weighted by Gasteiger charge is -2.61. The highest BCUT2D eigenvalue weighted by Gasteiger charge is 2.69. The van der Waals surface area contributed by atoms with Crippen molar-refractivity contribution in [2.24, 2.45) is 52.3 Å². The fraction of sp³-hybridized carbons (Fsp3) is 1.00. The Hall–Kier alpha value is -0.680. The first-order valence-corrected chi connectivity index (χ1v) is 23.7. The summed E-state index contributed by atoms with van der Waals surface area (Å²) in [5.74, 6) is 3.39. The molecule has 9 fully saturated rings. The normalized spacial score (nSPS) is 58.9. The monoisotopic (exact) mass is 886 g/mol. The second-order valence-corrected chi connectivity index (χ2v) is 21.5. The third-order valence-corrected chi connectivity index (χ3v) is 18.2. The summed E-state index contributed by atoms with van der Waals surface area (Å²) < 4.78 is 49.3. The minimum Gasteiger partial charge on any atom is -0.394 e. The molecule has 356 valence electrons. The minimum absolute atomic E-state index is 0.153. The van der Waals surface area contributed by atoms with Crippen LogP contribution in [-0.2, 0) is 37.9 Å². The zero-order chi connectivity index (χ0) is 44.2. The fourth-order valence-corrected chi connectivity index (χ4v) is 14.6. The molecule has 0 bridgehead atoms. The second kappa shape index (κ2) is 17.4. The van der Waals surface area contributed by atoms with Crippen molar-refractivity contribution in [3.63, 3.8) is 0 Å². The number of hydrogen-bond acceptors (Lipinski definition) is 17. The Morgan fingerprint density at radius 2 is 1.24 bits per heavy atom. The van der Waals surface area contributed by atoms with Gasteiger partial charge in [-0.25, -0.2) is 0 Å². The zero-order valence-electron chi connectivity index (χ0n) is 36.8. The van der Waals surface area contributed by atoms with Gasteiger partial charge in [-0.05, 0) is 111 Å². The van der Waals surface area contributed by atoms with E-state index in [9.17, 15) is 46.0 Å². The Bertz CT molecular complexity index is 1550. The van der Waals surface area contributed by atoms with Crippen LogP contribution in [0.25, 0.3) is 0 Å². The van der Waals surface area contributed by atoms with E-state index in [-0.39, 0.29) is 23.0 Å². The fourth-order valence-electron chi connectivity index (χ4n) is 14.6. The van der Waals surface area contributed by atoms with Crippen molar-refractivity contribution in [1.29, 1.82) is 0 Å². The Labute approximate surface area is 364 Å². The lowest BCUT2D eigenvalue weighted by Crippen LogP contribution is -2.66. The van der Waals surface area contributed by atoms with Crippen LogP contribution in [0.5, 0.6) is 0 Å². The molecule has 9 N–H and O–H groups in total. The molecule has 5 heterocycles. The maximum absolute atomic E-state index is 11.5. The maximum Gasteiger partial charge on any atom is 0.187 e. The summed E-state index contributed by atoms with van der Waals surface area (Å²) >= 11 is 0. The smallest absolute Gasteiger partial charge is 0.187 e. The van der Waals surface area contributed by atoms with Crippen LogP contribution >= 0.6 is 0 Å². The summed E-state index contributed by atoms with van der Waals surface area (Å²) in [6.07, 6.45) is -12.5.